The lowest BCUT2D eigenvalue weighted by molar-refractivity contribution is 0.0112. The van der Waals surface area contributed by atoms with Gasteiger partial charge in [-0.05, 0) is 51.7 Å². The van der Waals surface area contributed by atoms with Gasteiger partial charge in [-0.15, -0.1) is 0 Å². The highest BCUT2D eigenvalue weighted by molar-refractivity contribution is 6.35. The zero-order chi connectivity index (χ0) is 20.3. The Morgan fingerprint density at radius 3 is 2.72 bits per heavy atom. The van der Waals surface area contributed by atoms with E-state index in [1.807, 2.05) is 26.0 Å². The van der Waals surface area contributed by atoms with Crippen LogP contribution in [0.2, 0.25) is 5.02 Å². The highest BCUT2D eigenvalue weighted by Gasteiger charge is 2.39. The summed E-state index contributed by atoms with van der Waals surface area (Å²) in [4.78, 5) is 22.2. The van der Waals surface area contributed by atoms with Gasteiger partial charge in [0.05, 0.1) is 16.1 Å². The molecular weight excluding hydrogens is 394 g/mol. The van der Waals surface area contributed by atoms with Crippen molar-refractivity contribution >= 4 is 28.2 Å². The molecule has 0 amide bonds. The van der Waals surface area contributed by atoms with Gasteiger partial charge in [-0.25, -0.2) is 4.98 Å². The number of para-hydroxylation sites is 1. The Balaban J connectivity index is 1.78. The summed E-state index contributed by atoms with van der Waals surface area (Å²) in [6.07, 6.45) is 4.56. The Morgan fingerprint density at radius 2 is 2.00 bits per heavy atom. The maximum atomic E-state index is 13.4. The molecule has 9 heteroatoms. The summed E-state index contributed by atoms with van der Waals surface area (Å²) in [5.41, 5.74) is 0.748. The molecule has 1 N–H and O–H groups in total. The number of benzene rings is 1. The van der Waals surface area contributed by atoms with Crippen LogP contribution in [-0.2, 0) is 5.60 Å². The molecule has 5 rings (SSSR count). The van der Waals surface area contributed by atoms with Gasteiger partial charge in [0.2, 0.25) is 5.82 Å². The molecule has 1 aliphatic carbocycles. The van der Waals surface area contributed by atoms with Gasteiger partial charge in [-0.3, -0.25) is 9.20 Å². The normalized spacial score (nSPS) is 16.4. The third-order valence-electron chi connectivity index (χ3n) is 5.64. The molecule has 4 aromatic rings. The molecule has 8 nitrogen and oxygen atoms in total. The summed E-state index contributed by atoms with van der Waals surface area (Å²) in [6.45, 7) is 3.86. The van der Waals surface area contributed by atoms with Crippen LogP contribution < -0.4 is 5.56 Å². The highest BCUT2D eigenvalue weighted by atomic mass is 35.5. The predicted molar refractivity (Wildman–Crippen MR) is 108 cm³/mol. The number of hydrogen-bond donors (Lipinski definition) is 1. The van der Waals surface area contributed by atoms with Gasteiger partial charge >= 0.3 is 0 Å². The van der Waals surface area contributed by atoms with Gasteiger partial charge in [0.1, 0.15) is 23.1 Å². The van der Waals surface area contributed by atoms with Crippen molar-refractivity contribution in [3.8, 4) is 11.5 Å². The summed E-state index contributed by atoms with van der Waals surface area (Å²) in [6, 6.07) is 5.37. The molecule has 0 saturated heterocycles. The second-order valence-corrected chi connectivity index (χ2v) is 8.26. The van der Waals surface area contributed by atoms with Crippen molar-refractivity contribution in [2.75, 3.05) is 0 Å². The fourth-order valence-corrected chi connectivity index (χ4v) is 4.49. The molecule has 1 saturated carbocycles. The van der Waals surface area contributed by atoms with Crippen molar-refractivity contribution in [1.82, 2.24) is 24.1 Å². The molecule has 3 aromatic heterocycles. The average Bonchev–Trinajstić information content (AvgIpc) is 3.41. The van der Waals surface area contributed by atoms with Crippen LogP contribution in [0.3, 0.4) is 0 Å². The molecule has 1 fully saturated rings. The van der Waals surface area contributed by atoms with Crippen molar-refractivity contribution < 1.29 is 9.63 Å². The van der Waals surface area contributed by atoms with Crippen LogP contribution in [-0.4, -0.2) is 29.2 Å². The van der Waals surface area contributed by atoms with E-state index in [4.69, 9.17) is 16.1 Å². The van der Waals surface area contributed by atoms with E-state index in [1.165, 1.54) is 0 Å². The monoisotopic (exact) mass is 413 g/mol. The first kappa shape index (κ1) is 18.3. The van der Waals surface area contributed by atoms with Crippen LogP contribution >= 0.6 is 11.6 Å². The molecule has 0 unspecified atom stereocenters. The fraction of sp³-hybridized carbons (Fsp3) is 0.400. The van der Waals surface area contributed by atoms with E-state index in [0.717, 1.165) is 18.4 Å². The molecule has 0 radical (unpaired) electrons. The first-order chi connectivity index (χ1) is 13.9. The van der Waals surface area contributed by atoms with Crippen molar-refractivity contribution in [2.45, 2.75) is 51.2 Å². The van der Waals surface area contributed by atoms with E-state index in [-0.39, 0.29) is 23.3 Å². The molecule has 1 aromatic carbocycles. The third kappa shape index (κ3) is 2.63. The smallest absolute Gasteiger partial charge is 0.278 e. The minimum atomic E-state index is -1.10. The molecule has 0 spiro atoms. The molecule has 1 aliphatic rings. The van der Waals surface area contributed by atoms with E-state index in [1.54, 1.807) is 21.4 Å². The fourth-order valence-electron chi connectivity index (χ4n) is 4.23. The summed E-state index contributed by atoms with van der Waals surface area (Å²) >= 11 is 6.43. The lowest BCUT2D eigenvalue weighted by Crippen LogP contribution is -2.25. The highest BCUT2D eigenvalue weighted by Crippen LogP contribution is 2.38. The number of halogens is 1. The molecular formula is C20H20ClN5O3. The standard InChI is InChI=1S/C20H20ClN5O3/c1-11(2)26-15-12(21)6-5-7-13(15)25-10-22-14(16(25)18(26)27)17-23-19(29-24-17)20(28)8-3-4-9-20/h5-7,10-11,28H,3-4,8-9H2,1-2H3. The number of aromatic nitrogens is 5. The van der Waals surface area contributed by atoms with Gasteiger partial charge in [-0.1, -0.05) is 22.8 Å². The molecule has 0 atom stereocenters. The summed E-state index contributed by atoms with van der Waals surface area (Å²) in [7, 11) is 0. The van der Waals surface area contributed by atoms with Gasteiger partial charge in [0, 0.05) is 6.04 Å². The van der Waals surface area contributed by atoms with Crippen LogP contribution in [0.15, 0.2) is 33.8 Å². The molecule has 0 bridgehead atoms. The van der Waals surface area contributed by atoms with Gasteiger partial charge in [0.25, 0.3) is 11.4 Å². The van der Waals surface area contributed by atoms with E-state index in [2.05, 4.69) is 15.1 Å². The zero-order valence-corrected chi connectivity index (χ0v) is 16.8. The lowest BCUT2D eigenvalue weighted by atomic mass is 10.0. The number of nitrogens with zero attached hydrogens (tertiary/aromatic N) is 5. The van der Waals surface area contributed by atoms with E-state index in [9.17, 15) is 9.90 Å². The predicted octanol–water partition coefficient (Wildman–Crippen LogP) is 3.70. The van der Waals surface area contributed by atoms with Crippen molar-refractivity contribution in [1.29, 1.82) is 0 Å². The Hall–Kier alpha value is -2.71. The minimum Gasteiger partial charge on any atom is -0.380 e. The van der Waals surface area contributed by atoms with Gasteiger partial charge < -0.3 is 14.2 Å². The summed E-state index contributed by atoms with van der Waals surface area (Å²) in [5.74, 6) is 0.371. The quantitative estimate of drug-likeness (QED) is 0.550. The average molecular weight is 414 g/mol. The number of hydrogen-bond acceptors (Lipinski definition) is 6. The Kier molecular flexibility index (Phi) is 4.04. The number of aliphatic hydroxyl groups is 1. The lowest BCUT2D eigenvalue weighted by Gasteiger charge is -2.16. The second kappa shape index (κ2) is 6.40. The van der Waals surface area contributed by atoms with Crippen LogP contribution in [0.5, 0.6) is 0 Å². The minimum absolute atomic E-state index is 0.113. The molecule has 150 valence electrons. The number of imidazole rings is 1. The maximum absolute atomic E-state index is 13.4. The SMILES string of the molecule is CC(C)n1c(=O)c2c(-c3noc(C4(O)CCCC4)n3)ncn2c2cccc(Cl)c21. The van der Waals surface area contributed by atoms with Crippen LogP contribution in [0.4, 0.5) is 0 Å². The van der Waals surface area contributed by atoms with Crippen LogP contribution in [0.25, 0.3) is 28.1 Å². The zero-order valence-electron chi connectivity index (χ0n) is 16.1. The number of rotatable bonds is 3. The third-order valence-corrected chi connectivity index (χ3v) is 5.94. The van der Waals surface area contributed by atoms with Gasteiger partial charge in [-0.2, -0.15) is 4.98 Å². The van der Waals surface area contributed by atoms with E-state index >= 15 is 0 Å². The summed E-state index contributed by atoms with van der Waals surface area (Å²) < 4.78 is 8.72. The number of fused-ring (bicyclic) bond motifs is 3. The largest absolute Gasteiger partial charge is 0.380 e. The van der Waals surface area contributed by atoms with Crippen molar-refractivity contribution in [3.63, 3.8) is 0 Å². The van der Waals surface area contributed by atoms with E-state index in [0.29, 0.717) is 34.6 Å². The first-order valence-corrected chi connectivity index (χ1v) is 10.1. The molecule has 29 heavy (non-hydrogen) atoms. The second-order valence-electron chi connectivity index (χ2n) is 7.85. The van der Waals surface area contributed by atoms with Crippen molar-refractivity contribution in [2.24, 2.45) is 0 Å². The molecule has 0 aliphatic heterocycles. The summed E-state index contributed by atoms with van der Waals surface area (Å²) in [5, 5.41) is 15.2. The van der Waals surface area contributed by atoms with Crippen LogP contribution in [0, 0.1) is 0 Å². The van der Waals surface area contributed by atoms with Crippen LogP contribution in [0.1, 0.15) is 51.5 Å². The maximum Gasteiger partial charge on any atom is 0.278 e. The Bertz CT molecular complexity index is 1300. The first-order valence-electron chi connectivity index (χ1n) is 9.67. The topological polar surface area (TPSA) is 98.5 Å². The Morgan fingerprint density at radius 1 is 1.24 bits per heavy atom. The van der Waals surface area contributed by atoms with E-state index < -0.39 is 5.60 Å². The van der Waals surface area contributed by atoms with Gasteiger partial charge in [0.15, 0.2) is 0 Å². The Labute approximate surface area is 170 Å². The molecule has 3 heterocycles. The van der Waals surface area contributed by atoms with Crippen molar-refractivity contribution in [3.05, 3.63) is 45.8 Å².